The fourth-order valence-electron chi connectivity index (χ4n) is 2.85. The number of hydrogen-bond donors (Lipinski definition) is 2. The van der Waals surface area contributed by atoms with Gasteiger partial charge in [-0.15, -0.1) is 0 Å². The highest BCUT2D eigenvalue weighted by Gasteiger charge is 2.32. The lowest BCUT2D eigenvalue weighted by Gasteiger charge is -2.36. The van der Waals surface area contributed by atoms with Gasteiger partial charge in [0.05, 0.1) is 17.8 Å². The van der Waals surface area contributed by atoms with Crippen molar-refractivity contribution >= 4 is 23.6 Å². The molecule has 1 fully saturated rings. The van der Waals surface area contributed by atoms with Crippen molar-refractivity contribution in [1.29, 1.82) is 0 Å². The Labute approximate surface area is 130 Å². The number of aliphatic hydroxyl groups is 1. The van der Waals surface area contributed by atoms with Crippen LogP contribution in [0.4, 0.5) is 0 Å². The third-order valence-corrected chi connectivity index (χ3v) is 4.55. The molecule has 1 aliphatic carbocycles. The van der Waals surface area contributed by atoms with E-state index in [0.717, 1.165) is 43.4 Å². The number of rotatable bonds is 4. The van der Waals surface area contributed by atoms with E-state index in [0.29, 0.717) is 5.15 Å². The molecule has 5 nitrogen and oxygen atoms in total. The smallest absolute Gasteiger partial charge is 0.244 e. The zero-order valence-electron chi connectivity index (χ0n) is 12.5. The van der Waals surface area contributed by atoms with Gasteiger partial charge in [-0.1, -0.05) is 30.9 Å². The summed E-state index contributed by atoms with van der Waals surface area (Å²) >= 11 is 6.12. The molecule has 21 heavy (non-hydrogen) atoms. The zero-order chi connectivity index (χ0) is 15.5. The lowest BCUT2D eigenvalue weighted by Crippen LogP contribution is -2.52. The third kappa shape index (κ3) is 3.66. The Morgan fingerprint density at radius 1 is 1.48 bits per heavy atom. The molecule has 0 bridgehead atoms. The maximum atomic E-state index is 12.1. The molecule has 0 spiro atoms. The summed E-state index contributed by atoms with van der Waals surface area (Å²) in [4.78, 5) is 12.1. The number of halogens is 1. The summed E-state index contributed by atoms with van der Waals surface area (Å²) in [5, 5.41) is 17.2. The second-order valence-electron chi connectivity index (χ2n) is 5.74. The Kier molecular flexibility index (Phi) is 5.06. The normalized spacial score (nSPS) is 18.1. The van der Waals surface area contributed by atoms with Crippen molar-refractivity contribution in [3.63, 3.8) is 0 Å². The summed E-state index contributed by atoms with van der Waals surface area (Å²) in [6.45, 7) is 1.83. The van der Waals surface area contributed by atoms with Crippen molar-refractivity contribution in [3.8, 4) is 0 Å². The summed E-state index contributed by atoms with van der Waals surface area (Å²) < 4.78 is 1.57. The van der Waals surface area contributed by atoms with Gasteiger partial charge in [-0.25, -0.2) is 0 Å². The second kappa shape index (κ2) is 6.62. The van der Waals surface area contributed by atoms with Crippen molar-refractivity contribution < 1.29 is 9.90 Å². The molecule has 0 saturated heterocycles. The largest absolute Gasteiger partial charge is 0.394 e. The van der Waals surface area contributed by atoms with Gasteiger partial charge >= 0.3 is 0 Å². The molecule has 1 amide bonds. The van der Waals surface area contributed by atoms with Crippen molar-refractivity contribution in [3.05, 3.63) is 22.5 Å². The minimum Gasteiger partial charge on any atom is -0.394 e. The Hall–Kier alpha value is -1.33. The summed E-state index contributed by atoms with van der Waals surface area (Å²) in [5.74, 6) is -0.203. The van der Waals surface area contributed by atoms with Gasteiger partial charge in [0.2, 0.25) is 5.91 Å². The first-order valence-corrected chi connectivity index (χ1v) is 7.65. The maximum Gasteiger partial charge on any atom is 0.244 e. The SMILES string of the molecule is Cc1nn(C)c(Cl)c1C=CC(=O)NC1(CO)CCCCC1. The number of aliphatic hydroxyl groups excluding tert-OH is 1. The molecule has 0 aromatic carbocycles. The van der Waals surface area contributed by atoms with Crippen LogP contribution in [0.5, 0.6) is 0 Å². The van der Waals surface area contributed by atoms with E-state index in [1.165, 1.54) is 6.08 Å². The lowest BCUT2D eigenvalue weighted by molar-refractivity contribution is -0.119. The average molecular weight is 312 g/mol. The van der Waals surface area contributed by atoms with Gasteiger partial charge in [0.15, 0.2) is 0 Å². The Morgan fingerprint density at radius 3 is 2.67 bits per heavy atom. The minimum absolute atomic E-state index is 0.0146. The second-order valence-corrected chi connectivity index (χ2v) is 6.09. The number of nitrogens with one attached hydrogen (secondary N) is 1. The molecule has 1 saturated carbocycles. The fraction of sp³-hybridized carbons (Fsp3) is 0.600. The van der Waals surface area contributed by atoms with E-state index in [9.17, 15) is 9.90 Å². The molecular weight excluding hydrogens is 290 g/mol. The molecule has 0 atom stereocenters. The van der Waals surface area contributed by atoms with Gasteiger partial charge in [0, 0.05) is 18.7 Å². The van der Waals surface area contributed by atoms with Crippen LogP contribution in [-0.4, -0.2) is 32.9 Å². The van der Waals surface area contributed by atoms with Crippen LogP contribution in [0, 0.1) is 6.92 Å². The summed E-state index contributed by atoms with van der Waals surface area (Å²) in [5.41, 5.74) is 1.06. The number of carbonyl (C=O) groups excluding carboxylic acids is 1. The fourth-order valence-corrected chi connectivity index (χ4v) is 3.09. The number of nitrogens with zero attached hydrogens (tertiary/aromatic N) is 2. The number of hydrogen-bond acceptors (Lipinski definition) is 3. The molecule has 0 unspecified atom stereocenters. The number of carbonyl (C=O) groups is 1. The average Bonchev–Trinajstić information content (AvgIpc) is 2.71. The number of aryl methyl sites for hydroxylation is 2. The summed E-state index contributed by atoms with van der Waals surface area (Å²) in [7, 11) is 1.76. The minimum atomic E-state index is -0.465. The first-order chi connectivity index (χ1) is 9.97. The maximum absolute atomic E-state index is 12.1. The number of aromatic nitrogens is 2. The Bertz CT molecular complexity index is 545. The van der Waals surface area contributed by atoms with E-state index in [4.69, 9.17) is 11.6 Å². The quantitative estimate of drug-likeness (QED) is 0.838. The standard InChI is InChI=1S/C15H22ClN3O2/c1-11-12(14(16)19(2)18-11)6-7-13(21)17-15(10-20)8-4-3-5-9-15/h6-7,20H,3-5,8-10H2,1-2H3,(H,17,21). The Morgan fingerprint density at radius 2 is 2.14 bits per heavy atom. The highest BCUT2D eigenvalue weighted by molar-refractivity contribution is 6.31. The summed E-state index contributed by atoms with van der Waals surface area (Å²) in [6, 6.07) is 0. The predicted octanol–water partition coefficient (Wildman–Crippen LogP) is 2.21. The van der Waals surface area contributed by atoms with Crippen LogP contribution < -0.4 is 5.32 Å². The van der Waals surface area contributed by atoms with Crippen LogP contribution in [0.25, 0.3) is 6.08 Å². The molecule has 1 aliphatic rings. The molecule has 0 radical (unpaired) electrons. The molecule has 116 valence electrons. The van der Waals surface area contributed by atoms with E-state index in [-0.39, 0.29) is 12.5 Å². The van der Waals surface area contributed by atoms with Gasteiger partial charge in [0.1, 0.15) is 5.15 Å². The molecule has 2 N–H and O–H groups in total. The van der Waals surface area contributed by atoms with Crippen LogP contribution in [0.3, 0.4) is 0 Å². The van der Waals surface area contributed by atoms with E-state index in [1.807, 2.05) is 6.92 Å². The molecule has 0 aliphatic heterocycles. The van der Waals surface area contributed by atoms with Crippen LogP contribution in [0.15, 0.2) is 6.08 Å². The van der Waals surface area contributed by atoms with Crippen molar-refractivity contribution in [1.82, 2.24) is 15.1 Å². The van der Waals surface area contributed by atoms with E-state index < -0.39 is 5.54 Å². The molecule has 1 heterocycles. The van der Waals surface area contributed by atoms with Crippen LogP contribution >= 0.6 is 11.6 Å². The van der Waals surface area contributed by atoms with Crippen molar-refractivity contribution in [2.45, 2.75) is 44.6 Å². The van der Waals surface area contributed by atoms with Gasteiger partial charge < -0.3 is 10.4 Å². The first kappa shape index (κ1) is 16.0. The highest BCUT2D eigenvalue weighted by atomic mass is 35.5. The molecule has 2 rings (SSSR count). The molecule has 1 aromatic heterocycles. The topological polar surface area (TPSA) is 67.2 Å². The zero-order valence-corrected chi connectivity index (χ0v) is 13.3. The molecule has 1 aromatic rings. The van der Waals surface area contributed by atoms with Gasteiger partial charge in [0.25, 0.3) is 0 Å². The van der Waals surface area contributed by atoms with Gasteiger partial charge in [-0.2, -0.15) is 5.10 Å². The predicted molar refractivity (Wildman–Crippen MR) is 83.0 cm³/mol. The summed E-state index contributed by atoms with van der Waals surface area (Å²) in [6.07, 6.45) is 8.04. The van der Waals surface area contributed by atoms with Crippen molar-refractivity contribution in [2.75, 3.05) is 6.61 Å². The van der Waals surface area contributed by atoms with Gasteiger partial charge in [-0.3, -0.25) is 9.48 Å². The monoisotopic (exact) mass is 311 g/mol. The lowest BCUT2D eigenvalue weighted by atomic mass is 9.82. The van der Waals surface area contributed by atoms with Crippen LogP contribution in [0.1, 0.15) is 43.4 Å². The van der Waals surface area contributed by atoms with Crippen LogP contribution in [0.2, 0.25) is 5.15 Å². The molecular formula is C15H22ClN3O2. The van der Waals surface area contributed by atoms with Crippen LogP contribution in [-0.2, 0) is 11.8 Å². The highest BCUT2D eigenvalue weighted by Crippen LogP contribution is 2.27. The Balaban J connectivity index is 2.05. The van der Waals surface area contributed by atoms with E-state index >= 15 is 0 Å². The first-order valence-electron chi connectivity index (χ1n) is 7.28. The van der Waals surface area contributed by atoms with Gasteiger partial charge in [-0.05, 0) is 25.8 Å². The van der Waals surface area contributed by atoms with E-state index in [2.05, 4.69) is 10.4 Å². The third-order valence-electron chi connectivity index (χ3n) is 4.10. The molecule has 6 heteroatoms. The number of amides is 1. The van der Waals surface area contributed by atoms with Crippen molar-refractivity contribution in [2.24, 2.45) is 7.05 Å². The van der Waals surface area contributed by atoms with E-state index in [1.54, 1.807) is 17.8 Å².